The largest absolute Gasteiger partial charge is 0.483 e. The van der Waals surface area contributed by atoms with Crippen LogP contribution in [-0.2, 0) is 23.8 Å². The van der Waals surface area contributed by atoms with E-state index in [1.165, 1.54) is 212 Å². The third-order valence-electron chi connectivity index (χ3n) is 13.5. The molecule has 0 amide bonds. The standard InChI is InChI=1S/C51H100N2O4.CH2O2/c1-6-10-31-47(32-11-7-2)35-27-23-19-15-14-16-20-24-28-37-51(56-46-49(57-51)36-39-53-42-40-52(5)41-43-53)38-29-25-21-17-18-22-26-30-44-55-50(54)45-48(33-12-8-3)34-13-9-4;2-1-3/h47-49H,6-46H2,1-5H3;1H,(H,2,3). The molecule has 2 saturated heterocycles. The predicted molar refractivity (Wildman–Crippen MR) is 254 cm³/mol. The van der Waals surface area contributed by atoms with E-state index in [1.807, 2.05) is 0 Å². The van der Waals surface area contributed by atoms with Gasteiger partial charge in [0.2, 0.25) is 0 Å². The highest BCUT2D eigenvalue weighted by Gasteiger charge is 2.40. The summed E-state index contributed by atoms with van der Waals surface area (Å²) in [6, 6.07) is 0. The minimum Gasteiger partial charge on any atom is -0.483 e. The van der Waals surface area contributed by atoms with Crippen LogP contribution in [-0.4, -0.2) is 92.2 Å². The van der Waals surface area contributed by atoms with Crippen molar-refractivity contribution >= 4 is 12.4 Å². The number of carbonyl (C=O) groups excluding carboxylic acids is 1. The molecule has 2 heterocycles. The first-order valence-electron chi connectivity index (χ1n) is 26.3. The summed E-state index contributed by atoms with van der Waals surface area (Å²) in [6.45, 7) is 16.1. The monoisotopic (exact) mass is 851 g/mol. The molecular formula is C52H102N2O6. The van der Waals surface area contributed by atoms with E-state index in [1.54, 1.807) is 0 Å². The fourth-order valence-corrected chi connectivity index (χ4v) is 9.40. The predicted octanol–water partition coefficient (Wildman–Crippen LogP) is 14.2. The van der Waals surface area contributed by atoms with Gasteiger partial charge in [-0.3, -0.25) is 9.59 Å². The highest BCUT2D eigenvalue weighted by atomic mass is 16.7. The molecule has 1 N–H and O–H groups in total. The van der Waals surface area contributed by atoms with Gasteiger partial charge in [0.1, 0.15) is 0 Å². The van der Waals surface area contributed by atoms with E-state index in [4.69, 9.17) is 24.1 Å². The lowest BCUT2D eigenvalue weighted by atomic mass is 9.90. The Hall–Kier alpha value is -1.22. The van der Waals surface area contributed by atoms with Gasteiger partial charge in [0.25, 0.3) is 6.47 Å². The van der Waals surface area contributed by atoms with Gasteiger partial charge in [-0.1, -0.05) is 188 Å². The molecule has 2 unspecified atom stereocenters. The molecule has 2 atom stereocenters. The van der Waals surface area contributed by atoms with Crippen molar-refractivity contribution in [2.24, 2.45) is 11.8 Å². The Labute approximate surface area is 372 Å². The van der Waals surface area contributed by atoms with Crippen LogP contribution >= 0.6 is 0 Å². The van der Waals surface area contributed by atoms with Crippen LogP contribution in [0.15, 0.2) is 0 Å². The first-order chi connectivity index (χ1) is 29.3. The number of nitrogens with zero attached hydrogens (tertiary/aromatic N) is 2. The van der Waals surface area contributed by atoms with Crippen LogP contribution in [0, 0.1) is 11.8 Å². The second-order valence-electron chi connectivity index (χ2n) is 19.0. The third kappa shape index (κ3) is 31.6. The van der Waals surface area contributed by atoms with E-state index < -0.39 is 0 Å². The van der Waals surface area contributed by atoms with Crippen molar-refractivity contribution in [1.29, 1.82) is 0 Å². The van der Waals surface area contributed by atoms with Gasteiger partial charge in [-0.2, -0.15) is 0 Å². The van der Waals surface area contributed by atoms with Gasteiger partial charge in [-0.05, 0) is 57.4 Å². The molecule has 0 radical (unpaired) electrons. The first kappa shape index (κ1) is 56.8. The van der Waals surface area contributed by atoms with Gasteiger partial charge < -0.3 is 29.1 Å². The summed E-state index contributed by atoms with van der Waals surface area (Å²) in [5, 5.41) is 6.89. The molecule has 2 rings (SSSR count). The maximum atomic E-state index is 12.4. The average Bonchev–Trinajstić information content (AvgIpc) is 3.66. The van der Waals surface area contributed by atoms with E-state index in [0.29, 0.717) is 18.9 Å². The van der Waals surface area contributed by atoms with Gasteiger partial charge in [-0.25, -0.2) is 0 Å². The summed E-state index contributed by atoms with van der Waals surface area (Å²) < 4.78 is 19.1. The molecule has 0 aromatic heterocycles. The number of hydrogen-bond acceptors (Lipinski definition) is 7. The molecule has 2 aliphatic rings. The van der Waals surface area contributed by atoms with E-state index in [0.717, 1.165) is 44.8 Å². The zero-order valence-electron chi connectivity index (χ0n) is 40.7. The Balaban J connectivity index is 0.00000581. The van der Waals surface area contributed by atoms with Gasteiger partial charge >= 0.3 is 5.97 Å². The van der Waals surface area contributed by atoms with Crippen LogP contribution in [0.25, 0.3) is 0 Å². The Bertz CT molecular complexity index is 929. The van der Waals surface area contributed by atoms with Crippen molar-refractivity contribution in [1.82, 2.24) is 9.80 Å². The zero-order valence-corrected chi connectivity index (χ0v) is 40.7. The van der Waals surface area contributed by atoms with Gasteiger partial charge in [0.15, 0.2) is 5.79 Å². The van der Waals surface area contributed by atoms with Crippen molar-refractivity contribution in [2.75, 3.05) is 53.0 Å². The molecular weight excluding hydrogens is 749 g/mol. The molecule has 0 bridgehead atoms. The number of carbonyl (C=O) groups is 2. The first-order valence-corrected chi connectivity index (χ1v) is 26.3. The summed E-state index contributed by atoms with van der Waals surface area (Å²) >= 11 is 0. The molecule has 8 nitrogen and oxygen atoms in total. The van der Waals surface area contributed by atoms with Crippen molar-refractivity contribution in [2.45, 2.75) is 258 Å². The molecule has 60 heavy (non-hydrogen) atoms. The topological polar surface area (TPSA) is 88.5 Å². The summed E-state index contributed by atoms with van der Waals surface area (Å²) in [4.78, 5) is 25.8. The van der Waals surface area contributed by atoms with Crippen LogP contribution in [0.2, 0.25) is 0 Å². The van der Waals surface area contributed by atoms with E-state index in [2.05, 4.69) is 44.5 Å². The zero-order chi connectivity index (χ0) is 43.8. The number of piperazine rings is 1. The second kappa shape index (κ2) is 40.5. The summed E-state index contributed by atoms with van der Waals surface area (Å²) in [7, 11) is 2.24. The lowest BCUT2D eigenvalue weighted by molar-refractivity contribution is -0.180. The molecule has 0 aromatic rings. The molecule has 2 fully saturated rings. The normalized spacial score (nSPS) is 18.6. The second-order valence-corrected chi connectivity index (χ2v) is 19.0. The van der Waals surface area contributed by atoms with Gasteiger partial charge in [0, 0.05) is 52.0 Å². The number of rotatable bonds is 40. The fraction of sp³-hybridized carbons (Fsp3) is 0.962. The number of unbranched alkanes of at least 4 members (excludes halogenated alkanes) is 19. The third-order valence-corrected chi connectivity index (χ3v) is 13.5. The van der Waals surface area contributed by atoms with Gasteiger partial charge in [-0.15, -0.1) is 0 Å². The maximum absolute atomic E-state index is 12.4. The van der Waals surface area contributed by atoms with Crippen LogP contribution in [0.4, 0.5) is 0 Å². The highest BCUT2D eigenvalue weighted by molar-refractivity contribution is 5.69. The smallest absolute Gasteiger partial charge is 0.306 e. The minimum absolute atomic E-state index is 0.0292. The van der Waals surface area contributed by atoms with Gasteiger partial charge in [0.05, 0.1) is 19.3 Å². The average molecular weight is 851 g/mol. The van der Waals surface area contributed by atoms with E-state index >= 15 is 0 Å². The van der Waals surface area contributed by atoms with Crippen molar-refractivity contribution in [3.8, 4) is 0 Å². The van der Waals surface area contributed by atoms with Crippen LogP contribution in [0.1, 0.15) is 246 Å². The fourth-order valence-electron chi connectivity index (χ4n) is 9.40. The lowest BCUT2D eigenvalue weighted by Gasteiger charge is -2.33. The Kier molecular flexibility index (Phi) is 38.4. The number of likely N-dealkylation sites (N-methyl/N-ethyl adjacent to an activating group) is 1. The summed E-state index contributed by atoms with van der Waals surface area (Å²) in [5.74, 6) is 1.19. The summed E-state index contributed by atoms with van der Waals surface area (Å²) in [6.07, 6.45) is 43.5. The van der Waals surface area contributed by atoms with Crippen LogP contribution in [0.5, 0.6) is 0 Å². The quantitative estimate of drug-likeness (QED) is 0.0370. The van der Waals surface area contributed by atoms with Crippen molar-refractivity contribution < 1.29 is 28.9 Å². The molecule has 356 valence electrons. The maximum Gasteiger partial charge on any atom is 0.306 e. The molecule has 0 spiro atoms. The van der Waals surface area contributed by atoms with Crippen molar-refractivity contribution in [3.05, 3.63) is 0 Å². The molecule has 8 heteroatoms. The number of esters is 1. The molecule has 0 aliphatic carbocycles. The Morgan fingerprint density at radius 1 is 0.633 bits per heavy atom. The van der Waals surface area contributed by atoms with E-state index in [9.17, 15) is 4.79 Å². The number of ether oxygens (including phenoxy) is 3. The Morgan fingerprint density at radius 3 is 1.53 bits per heavy atom. The van der Waals surface area contributed by atoms with Crippen LogP contribution < -0.4 is 0 Å². The van der Waals surface area contributed by atoms with Crippen molar-refractivity contribution in [3.63, 3.8) is 0 Å². The van der Waals surface area contributed by atoms with E-state index in [-0.39, 0.29) is 24.3 Å². The number of hydrogen-bond donors (Lipinski definition) is 1. The molecule has 0 aromatic carbocycles. The Morgan fingerprint density at radius 2 is 1.05 bits per heavy atom. The number of carboxylic acid groups (broad SMARTS) is 1. The molecule has 2 aliphatic heterocycles. The summed E-state index contributed by atoms with van der Waals surface area (Å²) in [5.41, 5.74) is 0. The lowest BCUT2D eigenvalue weighted by Crippen LogP contribution is -2.45. The highest BCUT2D eigenvalue weighted by Crippen LogP contribution is 2.36. The minimum atomic E-state index is -0.345. The molecule has 0 saturated carbocycles. The SMILES string of the molecule is CCCCC(CCCC)CCCCCCCCCCCC1(CCCCCCCCCCOC(=O)CC(CCCC)CCCC)OCC(CCN2CCN(C)CC2)O1.O=CO. The van der Waals surface area contributed by atoms with Crippen LogP contribution in [0.3, 0.4) is 0 Å².